The molecule has 0 saturated heterocycles. The lowest BCUT2D eigenvalue weighted by Gasteiger charge is -1.86. The van der Waals surface area contributed by atoms with Gasteiger partial charge in [-0.1, -0.05) is 0 Å². The summed E-state index contributed by atoms with van der Waals surface area (Å²) in [5.74, 6) is 0.517. The fourth-order valence-electron chi connectivity index (χ4n) is 0.336. The largest absolute Gasteiger partial charge is 0.463 e. The highest BCUT2D eigenvalue weighted by Gasteiger charge is 2.05. The van der Waals surface area contributed by atoms with E-state index in [1.54, 1.807) is 0 Å². The molecule has 1 heterocycles. The van der Waals surface area contributed by atoms with Gasteiger partial charge in [0.25, 0.3) is 0 Å². The highest BCUT2D eigenvalue weighted by atomic mass is 32.1. The third-order valence-corrected chi connectivity index (χ3v) is 1.07. The van der Waals surface area contributed by atoms with E-state index in [2.05, 4.69) is 17.9 Å². The van der Waals surface area contributed by atoms with Crippen LogP contribution in [0.25, 0.3) is 0 Å². The molecule has 0 saturated carbocycles. The van der Waals surface area contributed by atoms with Crippen molar-refractivity contribution in [2.45, 2.75) is 0 Å². The molecule has 0 unspecified atom stereocenters. The molecule has 0 aromatic rings. The molecule has 0 fully saturated rings. The molecule has 0 aromatic heterocycles. The summed E-state index contributed by atoms with van der Waals surface area (Å²) in [7, 11) is 0. The third kappa shape index (κ3) is 0.742. The molecular weight excluding hydrogens is 112 g/mol. The molecule has 0 radical (unpaired) electrons. The number of rotatable bonds is 0. The fraction of sp³-hybridized carbons (Fsp3) is 0.333. The summed E-state index contributed by atoms with van der Waals surface area (Å²) in [6, 6.07) is 0. The highest BCUT2D eigenvalue weighted by Crippen LogP contribution is 2.07. The van der Waals surface area contributed by atoms with Crippen LogP contribution >= 0.6 is 12.6 Å². The lowest BCUT2D eigenvalue weighted by atomic mass is 10.8. The van der Waals surface area contributed by atoms with Crippen molar-refractivity contribution in [1.82, 2.24) is 5.32 Å². The number of thiol groups is 1. The van der Waals surface area contributed by atoms with Gasteiger partial charge in [-0.25, -0.2) is 0 Å². The first kappa shape index (κ1) is 4.64. The van der Waals surface area contributed by atoms with E-state index in [0.29, 0.717) is 17.6 Å². The Morgan fingerprint density at radius 1 is 1.86 bits per heavy atom. The first-order valence-electron chi connectivity index (χ1n) is 1.86. The van der Waals surface area contributed by atoms with Crippen molar-refractivity contribution >= 4 is 12.6 Å². The van der Waals surface area contributed by atoms with Gasteiger partial charge in [-0.15, -0.1) is 12.6 Å². The van der Waals surface area contributed by atoms with Gasteiger partial charge in [0.2, 0.25) is 0 Å². The molecule has 1 rings (SSSR count). The molecule has 0 spiro atoms. The lowest BCUT2D eigenvalue weighted by molar-refractivity contribution is 0.258. The van der Waals surface area contributed by atoms with Gasteiger partial charge in [0.15, 0.2) is 11.8 Å². The Morgan fingerprint density at radius 3 is 2.71 bits per heavy atom. The van der Waals surface area contributed by atoms with E-state index in [4.69, 9.17) is 10.5 Å². The van der Waals surface area contributed by atoms with Gasteiger partial charge in [0.1, 0.15) is 5.82 Å². The summed E-state index contributed by atoms with van der Waals surface area (Å²) in [5, 5.41) is 3.21. The van der Waals surface area contributed by atoms with Crippen molar-refractivity contribution in [2.75, 3.05) is 6.73 Å². The minimum atomic E-state index is 0.449. The van der Waals surface area contributed by atoms with Crippen LogP contribution in [-0.4, -0.2) is 6.73 Å². The van der Waals surface area contributed by atoms with Crippen LogP contribution in [-0.2, 0) is 4.74 Å². The Hall–Kier alpha value is -0.510. The molecule has 3 N–H and O–H groups in total. The van der Waals surface area contributed by atoms with Crippen molar-refractivity contribution in [1.29, 1.82) is 0 Å². The SMILES string of the molecule is NC1=C(S)OCN1. The molecule has 0 atom stereocenters. The maximum absolute atomic E-state index is 5.25. The van der Waals surface area contributed by atoms with Crippen LogP contribution in [0.4, 0.5) is 0 Å². The molecule has 0 amide bonds. The number of ether oxygens (including phenoxy) is 1. The Kier molecular flexibility index (Phi) is 1.02. The molecule has 1 aliphatic heterocycles. The van der Waals surface area contributed by atoms with Gasteiger partial charge in [-0.05, 0) is 0 Å². The predicted molar refractivity (Wildman–Crippen MR) is 29.3 cm³/mol. The molecule has 0 aromatic carbocycles. The maximum Gasteiger partial charge on any atom is 0.192 e. The highest BCUT2D eigenvalue weighted by molar-refractivity contribution is 7.84. The second kappa shape index (κ2) is 1.54. The Labute approximate surface area is 46.9 Å². The van der Waals surface area contributed by atoms with Gasteiger partial charge in [-0.3, -0.25) is 0 Å². The quantitative estimate of drug-likeness (QED) is 0.378. The van der Waals surface area contributed by atoms with Crippen LogP contribution in [0.15, 0.2) is 10.9 Å². The van der Waals surface area contributed by atoms with Gasteiger partial charge in [0.05, 0.1) is 0 Å². The van der Waals surface area contributed by atoms with E-state index >= 15 is 0 Å². The summed E-state index contributed by atoms with van der Waals surface area (Å²) in [4.78, 5) is 0. The van der Waals surface area contributed by atoms with E-state index in [1.165, 1.54) is 0 Å². The Bertz CT molecular complexity index is 99.5. The summed E-state index contributed by atoms with van der Waals surface area (Å²) in [6.45, 7) is 0.449. The first-order valence-corrected chi connectivity index (χ1v) is 2.31. The standard InChI is InChI=1S/C3H6N2OS/c4-2-3(7)6-1-5-2/h5,7H,1,4H2. The van der Waals surface area contributed by atoms with Crippen LogP contribution in [0.3, 0.4) is 0 Å². The van der Waals surface area contributed by atoms with Gasteiger partial charge in [0, 0.05) is 0 Å². The van der Waals surface area contributed by atoms with Crippen molar-refractivity contribution in [3.05, 3.63) is 10.9 Å². The number of nitrogens with two attached hydrogens (primary N) is 1. The van der Waals surface area contributed by atoms with Crippen LogP contribution < -0.4 is 11.1 Å². The minimum Gasteiger partial charge on any atom is -0.463 e. The first-order chi connectivity index (χ1) is 3.30. The zero-order valence-corrected chi connectivity index (χ0v) is 4.53. The van der Waals surface area contributed by atoms with Crippen molar-refractivity contribution < 1.29 is 4.74 Å². The van der Waals surface area contributed by atoms with Crippen LogP contribution in [0.1, 0.15) is 0 Å². The number of nitrogens with one attached hydrogen (secondary N) is 1. The zero-order valence-electron chi connectivity index (χ0n) is 3.64. The molecule has 1 aliphatic rings. The van der Waals surface area contributed by atoms with E-state index < -0.39 is 0 Å². The third-order valence-electron chi connectivity index (χ3n) is 0.702. The summed E-state index contributed by atoms with van der Waals surface area (Å²) in [5.41, 5.74) is 5.25. The lowest BCUT2D eigenvalue weighted by Crippen LogP contribution is -2.14. The second-order valence-corrected chi connectivity index (χ2v) is 1.59. The summed E-state index contributed by atoms with van der Waals surface area (Å²) in [6.07, 6.45) is 0. The molecule has 0 aliphatic carbocycles. The average molecular weight is 118 g/mol. The normalized spacial score (nSPS) is 19.0. The molecule has 0 bridgehead atoms. The van der Waals surface area contributed by atoms with E-state index in [9.17, 15) is 0 Å². The molecule has 7 heavy (non-hydrogen) atoms. The zero-order chi connectivity index (χ0) is 5.28. The van der Waals surface area contributed by atoms with Crippen LogP contribution in [0.5, 0.6) is 0 Å². The summed E-state index contributed by atoms with van der Waals surface area (Å²) < 4.78 is 4.77. The molecule has 40 valence electrons. The topological polar surface area (TPSA) is 47.3 Å². The predicted octanol–water partition coefficient (Wildman–Crippen LogP) is -0.421. The fourth-order valence-corrected chi connectivity index (χ4v) is 0.479. The summed E-state index contributed by atoms with van der Waals surface area (Å²) >= 11 is 3.86. The van der Waals surface area contributed by atoms with Gasteiger partial charge >= 0.3 is 0 Å². The number of hydrogen-bond acceptors (Lipinski definition) is 4. The second-order valence-electron chi connectivity index (χ2n) is 1.18. The Balaban J connectivity index is 2.64. The van der Waals surface area contributed by atoms with E-state index in [0.717, 1.165) is 0 Å². The van der Waals surface area contributed by atoms with Crippen molar-refractivity contribution in [3.63, 3.8) is 0 Å². The van der Waals surface area contributed by atoms with Crippen LogP contribution in [0, 0.1) is 0 Å². The van der Waals surface area contributed by atoms with E-state index in [-0.39, 0.29) is 0 Å². The average Bonchev–Trinajstić information content (AvgIpc) is 1.91. The van der Waals surface area contributed by atoms with Crippen molar-refractivity contribution in [3.8, 4) is 0 Å². The minimum absolute atomic E-state index is 0.449. The number of hydrogen-bond donors (Lipinski definition) is 3. The Morgan fingerprint density at radius 2 is 2.57 bits per heavy atom. The molecule has 4 heteroatoms. The smallest absolute Gasteiger partial charge is 0.192 e. The molecular formula is C3H6N2OS. The van der Waals surface area contributed by atoms with E-state index in [1.807, 2.05) is 0 Å². The van der Waals surface area contributed by atoms with Crippen molar-refractivity contribution in [2.24, 2.45) is 5.73 Å². The van der Waals surface area contributed by atoms with Gasteiger partial charge < -0.3 is 15.8 Å². The monoisotopic (exact) mass is 118 g/mol. The van der Waals surface area contributed by atoms with Crippen LogP contribution in [0.2, 0.25) is 0 Å². The maximum atomic E-state index is 5.25. The molecule has 3 nitrogen and oxygen atoms in total. The van der Waals surface area contributed by atoms with Gasteiger partial charge in [-0.2, -0.15) is 0 Å².